The van der Waals surface area contributed by atoms with Crippen molar-refractivity contribution < 1.29 is 0 Å². The van der Waals surface area contributed by atoms with Crippen molar-refractivity contribution >= 4 is 0 Å². The number of rotatable bonds is 2. The highest BCUT2D eigenvalue weighted by Gasteiger charge is 2.30. The lowest BCUT2D eigenvalue weighted by Crippen LogP contribution is -2.16. The first kappa shape index (κ1) is 9.41. The summed E-state index contributed by atoms with van der Waals surface area (Å²) in [6, 6.07) is 9.96. The molecule has 1 nitrogen and oxygen atoms in total. The van der Waals surface area contributed by atoms with Crippen LogP contribution >= 0.6 is 0 Å². The summed E-state index contributed by atoms with van der Waals surface area (Å²) in [5.41, 5.74) is 3.47. The summed E-state index contributed by atoms with van der Waals surface area (Å²) >= 11 is 0. The van der Waals surface area contributed by atoms with Gasteiger partial charge in [0.05, 0.1) is 0 Å². The van der Waals surface area contributed by atoms with Crippen LogP contribution in [0.15, 0.2) is 24.3 Å². The average Bonchev–Trinajstić information content (AvgIpc) is 3.02. The summed E-state index contributed by atoms with van der Waals surface area (Å²) in [5, 5.41) is 3.35. The predicted octanol–water partition coefficient (Wildman–Crippen LogP) is 3.16. The van der Waals surface area contributed by atoms with Gasteiger partial charge in [0.2, 0.25) is 0 Å². The molecule has 1 N–H and O–H groups in total. The van der Waals surface area contributed by atoms with Crippen LogP contribution in [0.2, 0.25) is 0 Å². The summed E-state index contributed by atoms with van der Waals surface area (Å²) in [6.45, 7) is 3.58. The summed E-state index contributed by atoms with van der Waals surface area (Å²) in [6.07, 6.45) is 5.55. The minimum atomic E-state index is 0.468. The third kappa shape index (κ3) is 1.69. The third-order valence-corrected chi connectivity index (χ3v) is 4.13. The lowest BCUT2D eigenvalue weighted by Gasteiger charge is -2.24. The summed E-state index contributed by atoms with van der Waals surface area (Å²) < 4.78 is 0. The Bertz CT molecular complexity index is 342. The van der Waals surface area contributed by atoms with Crippen LogP contribution in [0.1, 0.15) is 49.8 Å². The number of nitrogens with one attached hydrogen (secondary N) is 1. The zero-order valence-electron chi connectivity index (χ0n) is 9.42. The van der Waals surface area contributed by atoms with E-state index in [9.17, 15) is 0 Å². The molecule has 1 saturated heterocycles. The second-order valence-electron chi connectivity index (χ2n) is 5.35. The van der Waals surface area contributed by atoms with Crippen LogP contribution in [0.25, 0.3) is 0 Å². The van der Waals surface area contributed by atoms with Gasteiger partial charge in [0.15, 0.2) is 0 Å². The maximum atomic E-state index is 3.35. The Balaban J connectivity index is 1.85. The monoisotopic (exact) mass is 201 g/mol. The minimum Gasteiger partial charge on any atom is -0.307 e. The van der Waals surface area contributed by atoms with Gasteiger partial charge in [0, 0.05) is 12.6 Å². The molecule has 80 valence electrons. The molecule has 1 aromatic rings. The molecule has 2 fully saturated rings. The molecule has 1 aliphatic heterocycles. The molecule has 0 bridgehead atoms. The molecule has 0 spiro atoms. The van der Waals surface area contributed by atoms with Gasteiger partial charge in [-0.3, -0.25) is 0 Å². The van der Waals surface area contributed by atoms with Crippen molar-refractivity contribution in [2.75, 3.05) is 6.54 Å². The molecule has 15 heavy (non-hydrogen) atoms. The van der Waals surface area contributed by atoms with E-state index in [0.717, 1.165) is 6.54 Å². The highest BCUT2D eigenvalue weighted by molar-refractivity contribution is 5.32. The summed E-state index contributed by atoms with van der Waals surface area (Å²) in [7, 11) is 0. The first-order chi connectivity index (χ1) is 7.28. The molecule has 1 aliphatic carbocycles. The zero-order valence-corrected chi connectivity index (χ0v) is 9.42. The van der Waals surface area contributed by atoms with E-state index in [0.29, 0.717) is 11.5 Å². The second kappa shape index (κ2) is 3.34. The van der Waals surface area contributed by atoms with Crippen molar-refractivity contribution in [3.63, 3.8) is 0 Å². The molecule has 1 aromatic carbocycles. The first-order valence-corrected chi connectivity index (χ1v) is 6.12. The van der Waals surface area contributed by atoms with E-state index in [4.69, 9.17) is 0 Å². The van der Waals surface area contributed by atoms with Crippen molar-refractivity contribution in [2.24, 2.45) is 0 Å². The molecule has 1 heterocycles. The van der Waals surface area contributed by atoms with E-state index >= 15 is 0 Å². The molecular weight excluding hydrogens is 182 g/mol. The van der Waals surface area contributed by atoms with Gasteiger partial charge in [-0.1, -0.05) is 44.0 Å². The van der Waals surface area contributed by atoms with Crippen LogP contribution < -0.4 is 5.32 Å². The highest BCUT2D eigenvalue weighted by atomic mass is 15.1. The molecule has 1 atom stereocenters. The maximum absolute atomic E-state index is 3.35. The molecule has 0 aromatic heterocycles. The van der Waals surface area contributed by atoms with Gasteiger partial charge in [-0.25, -0.2) is 0 Å². The Hall–Kier alpha value is -0.820. The van der Waals surface area contributed by atoms with E-state index in [2.05, 4.69) is 36.5 Å². The van der Waals surface area contributed by atoms with Gasteiger partial charge in [0.25, 0.3) is 0 Å². The van der Waals surface area contributed by atoms with Crippen LogP contribution in [0.4, 0.5) is 0 Å². The first-order valence-electron chi connectivity index (χ1n) is 6.12. The average molecular weight is 201 g/mol. The normalized spacial score (nSPS) is 27.9. The van der Waals surface area contributed by atoms with Crippen molar-refractivity contribution in [1.29, 1.82) is 0 Å². The van der Waals surface area contributed by atoms with E-state index in [1.807, 2.05) is 0 Å². The van der Waals surface area contributed by atoms with Gasteiger partial charge in [-0.2, -0.15) is 0 Å². The molecule has 1 unspecified atom stereocenters. The fourth-order valence-corrected chi connectivity index (χ4v) is 2.86. The quantitative estimate of drug-likeness (QED) is 0.729. The Morgan fingerprint density at radius 2 is 1.73 bits per heavy atom. The molecule has 0 amide bonds. The second-order valence-corrected chi connectivity index (χ2v) is 5.35. The fraction of sp³-hybridized carbons (Fsp3) is 0.571. The van der Waals surface area contributed by atoms with Crippen LogP contribution in [0.3, 0.4) is 0 Å². The maximum Gasteiger partial charge on any atom is 0.0447 e. The van der Waals surface area contributed by atoms with E-state index < -0.39 is 0 Å². The van der Waals surface area contributed by atoms with Crippen LogP contribution in [0.5, 0.6) is 0 Å². The molecule has 2 aliphatic rings. The summed E-state index contributed by atoms with van der Waals surface area (Å²) in [4.78, 5) is 0. The summed E-state index contributed by atoms with van der Waals surface area (Å²) in [5.74, 6) is 0. The number of benzene rings is 1. The molecule has 0 radical (unpaired) electrons. The van der Waals surface area contributed by atoms with Gasteiger partial charge in [0.1, 0.15) is 0 Å². The van der Waals surface area contributed by atoms with Crippen LogP contribution in [0, 0.1) is 0 Å². The minimum absolute atomic E-state index is 0.468. The smallest absolute Gasteiger partial charge is 0.0447 e. The standard InChI is InChI=1S/C14H19N/c1-14(8-2-3-9-14)12-6-4-11(5-7-12)13-10-15-13/h4-7,13,15H,2-3,8-10H2,1H3. The van der Waals surface area contributed by atoms with E-state index in [1.165, 1.54) is 31.2 Å². The van der Waals surface area contributed by atoms with Gasteiger partial charge >= 0.3 is 0 Å². The van der Waals surface area contributed by atoms with Crippen LogP contribution in [-0.4, -0.2) is 6.54 Å². The predicted molar refractivity (Wildman–Crippen MR) is 63.0 cm³/mol. The van der Waals surface area contributed by atoms with Gasteiger partial charge in [-0.05, 0) is 29.4 Å². The van der Waals surface area contributed by atoms with E-state index in [1.54, 1.807) is 5.56 Å². The molecular formula is C14H19N. The molecule has 1 heteroatoms. The Morgan fingerprint density at radius 1 is 1.13 bits per heavy atom. The highest BCUT2D eigenvalue weighted by Crippen LogP contribution is 2.40. The lowest BCUT2D eigenvalue weighted by molar-refractivity contribution is 0.491. The van der Waals surface area contributed by atoms with Crippen molar-refractivity contribution in [3.05, 3.63) is 35.4 Å². The molecule has 1 saturated carbocycles. The fourth-order valence-electron chi connectivity index (χ4n) is 2.86. The van der Waals surface area contributed by atoms with Crippen LogP contribution in [-0.2, 0) is 5.41 Å². The zero-order chi connectivity index (χ0) is 10.3. The van der Waals surface area contributed by atoms with Crippen molar-refractivity contribution in [1.82, 2.24) is 5.32 Å². The SMILES string of the molecule is CC1(c2ccc(C3CN3)cc2)CCCC1. The topological polar surface area (TPSA) is 21.9 Å². The molecule has 3 rings (SSSR count). The number of hydrogen-bond acceptors (Lipinski definition) is 1. The Labute approximate surface area is 91.9 Å². The Morgan fingerprint density at radius 3 is 2.27 bits per heavy atom. The number of hydrogen-bond donors (Lipinski definition) is 1. The van der Waals surface area contributed by atoms with Gasteiger partial charge in [-0.15, -0.1) is 0 Å². The van der Waals surface area contributed by atoms with Crippen molar-refractivity contribution in [3.8, 4) is 0 Å². The Kier molecular flexibility index (Phi) is 2.10. The lowest BCUT2D eigenvalue weighted by atomic mass is 9.81. The van der Waals surface area contributed by atoms with Gasteiger partial charge < -0.3 is 5.32 Å². The third-order valence-electron chi connectivity index (χ3n) is 4.13. The van der Waals surface area contributed by atoms with Crippen molar-refractivity contribution in [2.45, 2.75) is 44.1 Å². The van der Waals surface area contributed by atoms with E-state index in [-0.39, 0.29) is 0 Å². The largest absolute Gasteiger partial charge is 0.307 e.